The van der Waals surface area contributed by atoms with Gasteiger partial charge in [-0.15, -0.1) is 6.58 Å². The molecule has 28 heavy (non-hydrogen) atoms. The van der Waals surface area contributed by atoms with E-state index in [0.717, 1.165) is 18.4 Å². The van der Waals surface area contributed by atoms with E-state index in [1.807, 2.05) is 30.3 Å². The Morgan fingerprint density at radius 3 is 1.64 bits per heavy atom. The molecule has 1 unspecified atom stereocenters. The van der Waals surface area contributed by atoms with Gasteiger partial charge in [-0.25, -0.2) is 0 Å². The van der Waals surface area contributed by atoms with Gasteiger partial charge in [0.05, 0.1) is 0 Å². The van der Waals surface area contributed by atoms with E-state index in [9.17, 15) is 9.90 Å². The second kappa shape index (κ2) is 15.4. The normalized spacial score (nSPS) is 13.2. The summed E-state index contributed by atoms with van der Waals surface area (Å²) in [5.74, 6) is -0.789. The molecule has 0 saturated carbocycles. The molecule has 0 fully saturated rings. The second-order valence-corrected chi connectivity index (χ2v) is 8.19. The van der Waals surface area contributed by atoms with Crippen LogP contribution in [0.5, 0.6) is 0 Å². The molecule has 0 aliphatic rings. The highest BCUT2D eigenvalue weighted by Gasteiger charge is 2.36. The topological polar surface area (TPSA) is 37.3 Å². The van der Waals surface area contributed by atoms with Gasteiger partial charge in [0, 0.05) is 0 Å². The fourth-order valence-corrected chi connectivity index (χ4v) is 4.02. The molecule has 1 aromatic carbocycles. The minimum absolute atomic E-state index is 0.633. The van der Waals surface area contributed by atoms with Gasteiger partial charge >= 0.3 is 5.97 Å². The number of benzene rings is 1. The summed E-state index contributed by atoms with van der Waals surface area (Å²) < 4.78 is 0. The van der Waals surface area contributed by atoms with Crippen molar-refractivity contribution in [3.63, 3.8) is 0 Å². The van der Waals surface area contributed by atoms with E-state index in [0.29, 0.717) is 6.42 Å². The average Bonchev–Trinajstić information content (AvgIpc) is 2.71. The van der Waals surface area contributed by atoms with Crippen molar-refractivity contribution in [2.24, 2.45) is 0 Å². The van der Waals surface area contributed by atoms with Crippen LogP contribution in [0.4, 0.5) is 0 Å². The average molecular weight is 387 g/mol. The van der Waals surface area contributed by atoms with Crippen LogP contribution in [0.15, 0.2) is 43.0 Å². The summed E-state index contributed by atoms with van der Waals surface area (Å²) in [7, 11) is 0. The first-order valence-corrected chi connectivity index (χ1v) is 11.6. The first-order chi connectivity index (χ1) is 13.7. The number of unbranched alkanes of at least 4 members (excludes halogenated alkanes) is 13. The predicted molar refractivity (Wildman–Crippen MR) is 121 cm³/mol. The lowest BCUT2D eigenvalue weighted by Crippen LogP contribution is -2.33. The molecule has 1 rings (SSSR count). The van der Waals surface area contributed by atoms with Crippen LogP contribution in [-0.2, 0) is 10.2 Å². The third kappa shape index (κ3) is 9.08. The molecule has 0 aliphatic carbocycles. The highest BCUT2D eigenvalue weighted by atomic mass is 16.4. The summed E-state index contributed by atoms with van der Waals surface area (Å²) in [6.45, 7) is 6.10. The van der Waals surface area contributed by atoms with Crippen molar-refractivity contribution >= 4 is 5.97 Å². The van der Waals surface area contributed by atoms with Crippen LogP contribution < -0.4 is 0 Å². The van der Waals surface area contributed by atoms with Crippen molar-refractivity contribution in [3.8, 4) is 0 Å². The van der Waals surface area contributed by atoms with Crippen molar-refractivity contribution in [1.82, 2.24) is 0 Å². The maximum Gasteiger partial charge on any atom is 0.318 e. The van der Waals surface area contributed by atoms with Gasteiger partial charge in [-0.3, -0.25) is 4.79 Å². The Balaban J connectivity index is 2.11. The van der Waals surface area contributed by atoms with Crippen LogP contribution in [0.1, 0.15) is 109 Å². The van der Waals surface area contributed by atoms with Gasteiger partial charge in [-0.2, -0.15) is 0 Å². The molecule has 2 nitrogen and oxygen atoms in total. The van der Waals surface area contributed by atoms with Gasteiger partial charge in [0.15, 0.2) is 0 Å². The Labute approximate surface area is 173 Å². The SMILES string of the molecule is C=CC(CCCCCCCCCCCCCCCC)(C(=O)O)c1ccccc1. The molecule has 0 aliphatic heterocycles. The molecule has 0 amide bonds. The first-order valence-electron chi connectivity index (χ1n) is 11.6. The highest BCUT2D eigenvalue weighted by Crippen LogP contribution is 2.32. The zero-order chi connectivity index (χ0) is 20.5. The van der Waals surface area contributed by atoms with Gasteiger partial charge in [-0.05, 0) is 12.0 Å². The number of carboxylic acid groups (broad SMARTS) is 1. The number of hydrogen-bond donors (Lipinski definition) is 1. The van der Waals surface area contributed by atoms with E-state index in [1.165, 1.54) is 77.0 Å². The van der Waals surface area contributed by atoms with Gasteiger partial charge in [0.25, 0.3) is 0 Å². The van der Waals surface area contributed by atoms with Crippen LogP contribution in [0, 0.1) is 0 Å². The van der Waals surface area contributed by atoms with Crippen molar-refractivity contribution < 1.29 is 9.90 Å². The molecule has 1 N–H and O–H groups in total. The van der Waals surface area contributed by atoms with E-state index in [4.69, 9.17) is 0 Å². The molecule has 0 saturated heterocycles. The Kier molecular flexibility index (Phi) is 13.4. The van der Waals surface area contributed by atoms with Crippen molar-refractivity contribution in [3.05, 3.63) is 48.6 Å². The summed E-state index contributed by atoms with van der Waals surface area (Å²) in [6.07, 6.45) is 20.6. The summed E-state index contributed by atoms with van der Waals surface area (Å²) in [4.78, 5) is 11.9. The molecule has 0 spiro atoms. The smallest absolute Gasteiger partial charge is 0.318 e. The summed E-state index contributed by atoms with van der Waals surface area (Å²) in [6, 6.07) is 9.54. The third-order valence-corrected chi connectivity index (χ3v) is 5.94. The lowest BCUT2D eigenvalue weighted by molar-refractivity contribution is -0.142. The molecule has 0 aromatic heterocycles. The van der Waals surface area contributed by atoms with E-state index < -0.39 is 11.4 Å². The predicted octanol–water partition coefficient (Wildman–Crippen LogP) is 8.07. The number of carboxylic acids is 1. The number of aliphatic carboxylic acids is 1. The van der Waals surface area contributed by atoms with Crippen molar-refractivity contribution in [2.45, 2.75) is 109 Å². The summed E-state index contributed by atoms with van der Waals surface area (Å²) in [5.41, 5.74) is -0.106. The number of hydrogen-bond acceptors (Lipinski definition) is 1. The van der Waals surface area contributed by atoms with Crippen LogP contribution in [0.25, 0.3) is 0 Å². The molecule has 0 bridgehead atoms. The Bertz CT molecular complexity index is 522. The quantitative estimate of drug-likeness (QED) is 0.204. The number of rotatable bonds is 18. The molecule has 0 radical (unpaired) electrons. The molecule has 2 heteroatoms. The fourth-order valence-electron chi connectivity index (χ4n) is 4.02. The molecular weight excluding hydrogens is 344 g/mol. The monoisotopic (exact) mass is 386 g/mol. The molecule has 0 heterocycles. The van der Waals surface area contributed by atoms with Gasteiger partial charge in [0.1, 0.15) is 5.41 Å². The lowest BCUT2D eigenvalue weighted by Gasteiger charge is -2.26. The van der Waals surface area contributed by atoms with Crippen LogP contribution >= 0.6 is 0 Å². The summed E-state index contributed by atoms with van der Waals surface area (Å²) >= 11 is 0. The van der Waals surface area contributed by atoms with E-state index in [1.54, 1.807) is 6.08 Å². The molecule has 1 atom stereocenters. The maximum absolute atomic E-state index is 11.9. The van der Waals surface area contributed by atoms with Crippen molar-refractivity contribution in [2.75, 3.05) is 0 Å². The van der Waals surface area contributed by atoms with Crippen molar-refractivity contribution in [1.29, 1.82) is 0 Å². The van der Waals surface area contributed by atoms with Crippen LogP contribution in [0.3, 0.4) is 0 Å². The standard InChI is InChI=1S/C26H42O2/c1-3-5-6-7-8-9-10-11-12-13-14-15-16-20-23-26(4-2,25(27)28)24-21-18-17-19-22-24/h4,17-19,21-22H,2-3,5-16,20,23H2,1H3,(H,27,28). The fraction of sp³-hybridized carbons (Fsp3) is 0.654. The maximum atomic E-state index is 11.9. The third-order valence-electron chi connectivity index (χ3n) is 5.94. The zero-order valence-electron chi connectivity index (χ0n) is 18.1. The molecule has 158 valence electrons. The van der Waals surface area contributed by atoms with Gasteiger partial charge < -0.3 is 5.11 Å². The molecular formula is C26H42O2. The zero-order valence-corrected chi connectivity index (χ0v) is 18.1. The number of carbonyl (C=O) groups is 1. The first kappa shape index (κ1) is 24.5. The minimum atomic E-state index is -0.946. The minimum Gasteiger partial charge on any atom is -0.480 e. The van der Waals surface area contributed by atoms with E-state index in [2.05, 4.69) is 13.5 Å². The Morgan fingerprint density at radius 1 is 0.821 bits per heavy atom. The highest BCUT2D eigenvalue weighted by molar-refractivity contribution is 5.83. The van der Waals surface area contributed by atoms with E-state index >= 15 is 0 Å². The van der Waals surface area contributed by atoms with Crippen LogP contribution in [0.2, 0.25) is 0 Å². The summed E-state index contributed by atoms with van der Waals surface area (Å²) in [5, 5.41) is 9.81. The van der Waals surface area contributed by atoms with Crippen LogP contribution in [-0.4, -0.2) is 11.1 Å². The largest absolute Gasteiger partial charge is 0.480 e. The Morgan fingerprint density at radius 2 is 1.25 bits per heavy atom. The lowest BCUT2D eigenvalue weighted by atomic mass is 9.76. The Hall–Kier alpha value is -1.57. The van der Waals surface area contributed by atoms with Gasteiger partial charge in [0.2, 0.25) is 0 Å². The molecule has 1 aromatic rings. The second-order valence-electron chi connectivity index (χ2n) is 8.19. The van der Waals surface area contributed by atoms with E-state index in [-0.39, 0.29) is 0 Å². The van der Waals surface area contributed by atoms with Gasteiger partial charge in [-0.1, -0.05) is 133 Å².